The summed E-state index contributed by atoms with van der Waals surface area (Å²) in [5.41, 5.74) is 0. The molecule has 3 unspecified atom stereocenters. The second-order valence-corrected chi connectivity index (χ2v) is 4.40. The van der Waals surface area contributed by atoms with Crippen molar-refractivity contribution < 1.29 is 14.6 Å². The van der Waals surface area contributed by atoms with Crippen molar-refractivity contribution in [3.05, 3.63) is 0 Å². The van der Waals surface area contributed by atoms with Crippen LogP contribution in [0, 0.1) is 11.8 Å². The Morgan fingerprint density at radius 2 is 1.75 bits per heavy atom. The van der Waals surface area contributed by atoms with Gasteiger partial charge in [-0.25, -0.2) is 0 Å². The van der Waals surface area contributed by atoms with Gasteiger partial charge in [0.1, 0.15) is 0 Å². The summed E-state index contributed by atoms with van der Waals surface area (Å²) in [6.07, 6.45) is 2.99. The van der Waals surface area contributed by atoms with E-state index in [1.54, 1.807) is 6.92 Å². The van der Waals surface area contributed by atoms with Gasteiger partial charge in [-0.05, 0) is 25.7 Å². The molecule has 0 radical (unpaired) electrons. The summed E-state index contributed by atoms with van der Waals surface area (Å²) >= 11 is 0. The van der Waals surface area contributed by atoms with Crippen LogP contribution in [-0.4, -0.2) is 23.8 Å². The van der Waals surface area contributed by atoms with Gasteiger partial charge in [0.05, 0.1) is 18.6 Å². The van der Waals surface area contributed by atoms with Crippen molar-refractivity contribution >= 4 is 5.97 Å². The van der Waals surface area contributed by atoms with Crippen molar-refractivity contribution in [3.8, 4) is 0 Å². The summed E-state index contributed by atoms with van der Waals surface area (Å²) in [7, 11) is 0. The molecule has 0 heterocycles. The molecule has 3 atom stereocenters. The summed E-state index contributed by atoms with van der Waals surface area (Å²) in [6, 6.07) is 0. The Bertz CT molecular complexity index is 192. The largest absolute Gasteiger partial charge is 0.466 e. The molecule has 0 saturated heterocycles. The van der Waals surface area contributed by atoms with Gasteiger partial charge in [-0.2, -0.15) is 0 Å². The summed E-state index contributed by atoms with van der Waals surface area (Å²) in [5, 5.41) is 10.1. The van der Waals surface area contributed by atoms with Crippen LogP contribution >= 0.6 is 0 Å². The fourth-order valence-corrected chi connectivity index (χ4v) is 2.01. The van der Waals surface area contributed by atoms with E-state index in [0.29, 0.717) is 13.0 Å². The highest BCUT2D eigenvalue weighted by Gasteiger charge is 2.30. The van der Waals surface area contributed by atoms with Crippen LogP contribution in [-0.2, 0) is 9.53 Å². The third-order valence-electron chi connectivity index (χ3n) is 2.93. The monoisotopic (exact) mass is 230 g/mol. The first-order valence-electron chi connectivity index (χ1n) is 6.43. The van der Waals surface area contributed by atoms with Gasteiger partial charge in [0.15, 0.2) is 0 Å². The Morgan fingerprint density at radius 3 is 2.19 bits per heavy atom. The topological polar surface area (TPSA) is 46.5 Å². The Balaban J connectivity index is 4.43. The number of hydrogen-bond acceptors (Lipinski definition) is 3. The van der Waals surface area contributed by atoms with E-state index in [0.717, 1.165) is 19.3 Å². The lowest BCUT2D eigenvalue weighted by Crippen LogP contribution is -2.34. The van der Waals surface area contributed by atoms with Crippen molar-refractivity contribution in [1.82, 2.24) is 0 Å². The fraction of sp³-hybridized carbons (Fsp3) is 0.923. The van der Waals surface area contributed by atoms with Crippen LogP contribution in [0.2, 0.25) is 0 Å². The SMILES string of the molecule is CCCC(C)C(O)C(CCC)C(=O)OCC. The number of carbonyl (C=O) groups is 1. The average Bonchev–Trinajstić information content (AvgIpc) is 2.25. The van der Waals surface area contributed by atoms with Gasteiger partial charge in [0.25, 0.3) is 0 Å². The molecule has 0 rings (SSSR count). The van der Waals surface area contributed by atoms with Gasteiger partial charge in [0, 0.05) is 0 Å². The molecule has 0 saturated carbocycles. The molecule has 0 amide bonds. The molecule has 3 heteroatoms. The van der Waals surface area contributed by atoms with Crippen LogP contribution in [0.5, 0.6) is 0 Å². The van der Waals surface area contributed by atoms with E-state index in [4.69, 9.17) is 4.74 Å². The maximum absolute atomic E-state index is 11.7. The van der Waals surface area contributed by atoms with E-state index >= 15 is 0 Å². The van der Waals surface area contributed by atoms with Gasteiger partial charge >= 0.3 is 5.97 Å². The van der Waals surface area contributed by atoms with Crippen molar-refractivity contribution in [2.75, 3.05) is 6.61 Å². The lowest BCUT2D eigenvalue weighted by atomic mass is 9.86. The summed E-state index contributed by atoms with van der Waals surface area (Å²) in [5.74, 6) is -0.447. The highest BCUT2D eigenvalue weighted by molar-refractivity contribution is 5.73. The minimum absolute atomic E-state index is 0.158. The molecular formula is C13H26O3. The van der Waals surface area contributed by atoms with Crippen LogP contribution in [0.3, 0.4) is 0 Å². The lowest BCUT2D eigenvalue weighted by Gasteiger charge is -2.25. The predicted octanol–water partition coefficient (Wildman–Crippen LogP) is 2.76. The summed E-state index contributed by atoms with van der Waals surface area (Å²) < 4.78 is 5.01. The van der Waals surface area contributed by atoms with Crippen LogP contribution in [0.15, 0.2) is 0 Å². The second kappa shape index (κ2) is 8.57. The highest BCUT2D eigenvalue weighted by atomic mass is 16.5. The van der Waals surface area contributed by atoms with E-state index in [1.165, 1.54) is 0 Å². The molecule has 0 bridgehead atoms. The standard InChI is InChI=1S/C13H26O3/c1-5-8-10(4)12(14)11(9-6-2)13(15)16-7-3/h10-12,14H,5-9H2,1-4H3. The second-order valence-electron chi connectivity index (χ2n) is 4.40. The van der Waals surface area contributed by atoms with E-state index in [-0.39, 0.29) is 17.8 Å². The molecule has 1 N–H and O–H groups in total. The Labute approximate surface area is 99.2 Å². The van der Waals surface area contributed by atoms with Gasteiger partial charge in [-0.1, -0.05) is 33.6 Å². The smallest absolute Gasteiger partial charge is 0.311 e. The summed E-state index contributed by atoms with van der Waals surface area (Å²) in [6.45, 7) is 8.28. The minimum atomic E-state index is -0.570. The van der Waals surface area contributed by atoms with Gasteiger partial charge in [-0.3, -0.25) is 4.79 Å². The first-order valence-corrected chi connectivity index (χ1v) is 6.43. The van der Waals surface area contributed by atoms with Crippen LogP contribution in [0.4, 0.5) is 0 Å². The molecule has 96 valence electrons. The van der Waals surface area contributed by atoms with Crippen LogP contribution < -0.4 is 0 Å². The fourth-order valence-electron chi connectivity index (χ4n) is 2.01. The molecule has 0 aromatic heterocycles. The van der Waals surface area contributed by atoms with Crippen molar-refractivity contribution in [1.29, 1.82) is 0 Å². The maximum atomic E-state index is 11.7. The number of rotatable bonds is 8. The van der Waals surface area contributed by atoms with Gasteiger partial charge < -0.3 is 9.84 Å². The first-order chi connectivity index (χ1) is 7.58. The molecule has 3 nitrogen and oxygen atoms in total. The normalized spacial score (nSPS) is 16.6. The van der Waals surface area contributed by atoms with Crippen molar-refractivity contribution in [2.45, 2.75) is 59.5 Å². The molecule has 0 fully saturated rings. The molecule has 0 aliphatic heterocycles. The van der Waals surface area contributed by atoms with E-state index in [9.17, 15) is 9.90 Å². The number of esters is 1. The molecule has 0 aliphatic carbocycles. The predicted molar refractivity (Wildman–Crippen MR) is 65.1 cm³/mol. The van der Waals surface area contributed by atoms with Gasteiger partial charge in [0.2, 0.25) is 0 Å². The minimum Gasteiger partial charge on any atom is -0.466 e. The number of carbonyl (C=O) groups excluding carboxylic acids is 1. The number of aliphatic hydroxyl groups is 1. The zero-order valence-corrected chi connectivity index (χ0v) is 11.0. The molecular weight excluding hydrogens is 204 g/mol. The third-order valence-corrected chi connectivity index (χ3v) is 2.93. The highest BCUT2D eigenvalue weighted by Crippen LogP contribution is 2.22. The number of ether oxygens (including phenoxy) is 1. The van der Waals surface area contributed by atoms with E-state index in [2.05, 4.69) is 6.92 Å². The number of aliphatic hydroxyl groups excluding tert-OH is 1. The van der Waals surface area contributed by atoms with Crippen LogP contribution in [0.1, 0.15) is 53.4 Å². The third kappa shape index (κ3) is 4.97. The van der Waals surface area contributed by atoms with Crippen LogP contribution in [0.25, 0.3) is 0 Å². The first kappa shape index (κ1) is 15.4. The molecule has 0 aliphatic rings. The molecule has 0 aromatic rings. The van der Waals surface area contributed by atoms with Gasteiger partial charge in [-0.15, -0.1) is 0 Å². The number of hydrogen-bond donors (Lipinski definition) is 1. The Hall–Kier alpha value is -0.570. The molecule has 0 aromatic carbocycles. The Kier molecular flexibility index (Phi) is 8.26. The zero-order chi connectivity index (χ0) is 12.6. The Morgan fingerprint density at radius 1 is 1.19 bits per heavy atom. The van der Waals surface area contributed by atoms with E-state index < -0.39 is 6.10 Å². The molecule has 0 spiro atoms. The van der Waals surface area contributed by atoms with Crippen molar-refractivity contribution in [3.63, 3.8) is 0 Å². The molecule has 16 heavy (non-hydrogen) atoms. The maximum Gasteiger partial charge on any atom is 0.311 e. The summed E-state index contributed by atoms with van der Waals surface area (Å²) in [4.78, 5) is 11.7. The zero-order valence-electron chi connectivity index (χ0n) is 11.0. The average molecular weight is 230 g/mol. The lowest BCUT2D eigenvalue weighted by molar-refractivity contribution is -0.153. The van der Waals surface area contributed by atoms with E-state index in [1.807, 2.05) is 13.8 Å². The van der Waals surface area contributed by atoms with Crippen molar-refractivity contribution in [2.24, 2.45) is 11.8 Å². The quantitative estimate of drug-likeness (QED) is 0.652.